The fourth-order valence-corrected chi connectivity index (χ4v) is 4.54. The quantitative estimate of drug-likeness (QED) is 0.637. The van der Waals surface area contributed by atoms with Gasteiger partial charge in [0.1, 0.15) is 5.75 Å². The highest BCUT2D eigenvalue weighted by molar-refractivity contribution is 6.20. The summed E-state index contributed by atoms with van der Waals surface area (Å²) in [6.07, 6.45) is 2.38. The standard InChI is InChI=1S/C24H21NO/c1-24(2)19-11-6-12-21(26)22(19)23-20(24)13-16(14-25-23)18-10-5-8-15-7-3-4-9-17(15)18/h3-13,16,26H,14H2,1-2H3. The molecule has 1 N–H and O–H groups in total. The molecule has 0 fully saturated rings. The summed E-state index contributed by atoms with van der Waals surface area (Å²) in [5.41, 5.74) is 5.48. The summed E-state index contributed by atoms with van der Waals surface area (Å²) in [4.78, 5) is 4.94. The molecule has 2 aliphatic rings. The highest BCUT2D eigenvalue weighted by Gasteiger charge is 2.42. The van der Waals surface area contributed by atoms with Gasteiger partial charge >= 0.3 is 0 Å². The van der Waals surface area contributed by atoms with Gasteiger partial charge in [0.05, 0.1) is 12.3 Å². The van der Waals surface area contributed by atoms with Crippen molar-refractivity contribution in [3.05, 3.63) is 89.0 Å². The molecule has 2 nitrogen and oxygen atoms in total. The Labute approximate surface area is 153 Å². The summed E-state index contributed by atoms with van der Waals surface area (Å²) in [5, 5.41) is 13.0. The molecule has 1 atom stereocenters. The number of aliphatic imine (C=N–C) groups is 1. The summed E-state index contributed by atoms with van der Waals surface area (Å²) < 4.78 is 0. The number of dihydropyridines is 1. The van der Waals surface area contributed by atoms with Crippen LogP contribution in [-0.2, 0) is 5.41 Å². The number of phenolic OH excluding ortho intramolecular Hbond substituents is 1. The third kappa shape index (κ3) is 2.02. The number of allylic oxidation sites excluding steroid dienone is 1. The van der Waals surface area contributed by atoms with Gasteiger partial charge in [0.15, 0.2) is 0 Å². The van der Waals surface area contributed by atoms with Gasteiger partial charge in [-0.1, -0.05) is 74.5 Å². The number of aromatic hydroxyl groups is 1. The minimum absolute atomic E-state index is 0.143. The van der Waals surface area contributed by atoms with Crippen molar-refractivity contribution in [2.24, 2.45) is 4.99 Å². The third-order valence-electron chi connectivity index (χ3n) is 5.92. The van der Waals surface area contributed by atoms with Gasteiger partial charge in [-0.25, -0.2) is 0 Å². The molecule has 0 saturated carbocycles. The van der Waals surface area contributed by atoms with E-state index >= 15 is 0 Å². The monoisotopic (exact) mass is 339 g/mol. The maximum atomic E-state index is 10.4. The Balaban J connectivity index is 1.67. The zero-order valence-corrected chi connectivity index (χ0v) is 15.0. The van der Waals surface area contributed by atoms with Crippen LogP contribution >= 0.6 is 0 Å². The van der Waals surface area contributed by atoms with Gasteiger partial charge in [0, 0.05) is 16.9 Å². The van der Waals surface area contributed by atoms with E-state index < -0.39 is 0 Å². The highest BCUT2D eigenvalue weighted by Crippen LogP contribution is 2.48. The van der Waals surface area contributed by atoms with Crippen molar-refractivity contribution in [2.75, 3.05) is 6.54 Å². The van der Waals surface area contributed by atoms with E-state index in [0.29, 0.717) is 5.75 Å². The number of benzene rings is 3. The Kier molecular flexibility index (Phi) is 3.14. The van der Waals surface area contributed by atoms with Crippen molar-refractivity contribution in [3.8, 4) is 5.75 Å². The maximum Gasteiger partial charge on any atom is 0.125 e. The van der Waals surface area contributed by atoms with Crippen LogP contribution in [0, 0.1) is 0 Å². The first-order valence-corrected chi connectivity index (χ1v) is 9.15. The number of fused-ring (bicyclic) bond motifs is 4. The molecule has 3 aromatic carbocycles. The summed E-state index contributed by atoms with van der Waals surface area (Å²) in [6, 6.07) is 20.9. The molecule has 1 aliphatic carbocycles. The number of nitrogens with zero attached hydrogens (tertiary/aromatic N) is 1. The minimum Gasteiger partial charge on any atom is -0.507 e. The third-order valence-corrected chi connectivity index (χ3v) is 5.92. The lowest BCUT2D eigenvalue weighted by atomic mass is 9.79. The van der Waals surface area contributed by atoms with Crippen molar-refractivity contribution >= 4 is 16.5 Å². The molecule has 3 aromatic rings. The molecule has 5 rings (SSSR count). The Morgan fingerprint density at radius 1 is 0.962 bits per heavy atom. The zero-order chi connectivity index (χ0) is 17.9. The zero-order valence-electron chi connectivity index (χ0n) is 15.0. The van der Waals surface area contributed by atoms with Gasteiger partial charge in [-0.3, -0.25) is 4.99 Å². The van der Waals surface area contributed by atoms with Gasteiger partial charge < -0.3 is 5.11 Å². The van der Waals surface area contributed by atoms with Gasteiger partial charge in [-0.15, -0.1) is 0 Å². The SMILES string of the molecule is CC1(C)C2=CC(c3cccc4ccccc34)CN=C2c2c(O)cccc21. The molecule has 2 heteroatoms. The van der Waals surface area contributed by atoms with Crippen molar-refractivity contribution in [3.63, 3.8) is 0 Å². The van der Waals surface area contributed by atoms with E-state index in [-0.39, 0.29) is 11.3 Å². The van der Waals surface area contributed by atoms with Crippen molar-refractivity contribution in [2.45, 2.75) is 25.2 Å². The molecule has 1 heterocycles. The Hall–Kier alpha value is -2.87. The lowest BCUT2D eigenvalue weighted by Gasteiger charge is -2.26. The molecular weight excluding hydrogens is 318 g/mol. The second-order valence-electron chi connectivity index (χ2n) is 7.77. The molecule has 0 radical (unpaired) electrons. The Morgan fingerprint density at radius 2 is 1.73 bits per heavy atom. The summed E-state index contributed by atoms with van der Waals surface area (Å²) in [7, 11) is 0. The van der Waals surface area contributed by atoms with Crippen molar-refractivity contribution in [1.29, 1.82) is 0 Å². The first-order chi connectivity index (χ1) is 12.6. The Bertz CT molecular complexity index is 1100. The van der Waals surface area contributed by atoms with Crippen molar-refractivity contribution < 1.29 is 5.11 Å². The lowest BCUT2D eigenvalue weighted by Crippen LogP contribution is -2.21. The van der Waals surface area contributed by atoms with E-state index in [9.17, 15) is 5.11 Å². The first kappa shape index (κ1) is 15.4. The number of rotatable bonds is 1. The Morgan fingerprint density at radius 3 is 2.62 bits per heavy atom. The summed E-state index contributed by atoms with van der Waals surface area (Å²) in [6.45, 7) is 5.17. The van der Waals surface area contributed by atoms with Crippen LogP contribution in [0.25, 0.3) is 10.8 Å². The maximum absolute atomic E-state index is 10.4. The van der Waals surface area contributed by atoms with E-state index in [2.05, 4.69) is 68.5 Å². The molecule has 128 valence electrons. The molecule has 1 unspecified atom stereocenters. The first-order valence-electron chi connectivity index (χ1n) is 9.15. The molecule has 0 saturated heterocycles. The van der Waals surface area contributed by atoms with E-state index in [4.69, 9.17) is 4.99 Å². The molecule has 26 heavy (non-hydrogen) atoms. The fraction of sp³-hybridized carbons (Fsp3) is 0.208. The second-order valence-corrected chi connectivity index (χ2v) is 7.77. The predicted octanol–water partition coefficient (Wildman–Crippen LogP) is 5.35. The molecule has 1 aliphatic heterocycles. The van der Waals surface area contributed by atoms with E-state index in [1.165, 1.54) is 27.5 Å². The van der Waals surface area contributed by atoms with Crippen LogP contribution in [0.3, 0.4) is 0 Å². The summed E-state index contributed by atoms with van der Waals surface area (Å²) >= 11 is 0. The average molecular weight is 339 g/mol. The number of hydrogen-bond donors (Lipinski definition) is 1. The van der Waals surface area contributed by atoms with Gasteiger partial charge in [-0.05, 0) is 33.5 Å². The van der Waals surface area contributed by atoms with E-state index in [1.807, 2.05) is 6.07 Å². The van der Waals surface area contributed by atoms with Crippen LogP contribution in [0.2, 0.25) is 0 Å². The fourth-order valence-electron chi connectivity index (χ4n) is 4.54. The average Bonchev–Trinajstić information content (AvgIpc) is 2.89. The number of hydrogen-bond acceptors (Lipinski definition) is 2. The lowest BCUT2D eigenvalue weighted by molar-refractivity contribution is 0.473. The molecular formula is C24H21NO. The number of phenols is 1. The van der Waals surface area contributed by atoms with Crippen LogP contribution in [-0.4, -0.2) is 17.4 Å². The molecule has 0 aromatic heterocycles. The molecule has 0 spiro atoms. The van der Waals surface area contributed by atoms with Gasteiger partial charge in [-0.2, -0.15) is 0 Å². The van der Waals surface area contributed by atoms with Crippen LogP contribution in [0.15, 0.2) is 77.3 Å². The van der Waals surface area contributed by atoms with Gasteiger partial charge in [0.2, 0.25) is 0 Å². The largest absolute Gasteiger partial charge is 0.507 e. The minimum atomic E-state index is -0.143. The normalized spacial score (nSPS) is 20.3. The van der Waals surface area contributed by atoms with E-state index in [1.54, 1.807) is 6.07 Å². The van der Waals surface area contributed by atoms with Crippen LogP contribution < -0.4 is 0 Å². The smallest absolute Gasteiger partial charge is 0.125 e. The van der Waals surface area contributed by atoms with Gasteiger partial charge in [0.25, 0.3) is 0 Å². The van der Waals surface area contributed by atoms with Crippen LogP contribution in [0.5, 0.6) is 5.75 Å². The van der Waals surface area contributed by atoms with E-state index in [0.717, 1.165) is 17.8 Å². The van der Waals surface area contributed by atoms with Crippen LogP contribution in [0.4, 0.5) is 0 Å². The van der Waals surface area contributed by atoms with Crippen molar-refractivity contribution in [1.82, 2.24) is 0 Å². The van der Waals surface area contributed by atoms with Crippen LogP contribution in [0.1, 0.15) is 36.5 Å². The topological polar surface area (TPSA) is 32.6 Å². The second kappa shape index (κ2) is 5.31. The molecule has 0 amide bonds. The molecule has 0 bridgehead atoms. The predicted molar refractivity (Wildman–Crippen MR) is 107 cm³/mol. The highest BCUT2D eigenvalue weighted by atomic mass is 16.3. The summed E-state index contributed by atoms with van der Waals surface area (Å²) in [5.74, 6) is 0.594.